The highest BCUT2D eigenvalue weighted by Gasteiger charge is 2.18. The average Bonchev–Trinajstić information content (AvgIpc) is 3.40. The van der Waals surface area contributed by atoms with Crippen LogP contribution in [0.15, 0.2) is 62.8 Å². The molecular weight excluding hydrogens is 412 g/mol. The summed E-state index contributed by atoms with van der Waals surface area (Å²) in [5.41, 5.74) is 2.16. The summed E-state index contributed by atoms with van der Waals surface area (Å²) in [4.78, 5) is 8.54. The van der Waals surface area contributed by atoms with E-state index in [-0.39, 0.29) is 27.1 Å². The van der Waals surface area contributed by atoms with Gasteiger partial charge >= 0.3 is 0 Å². The predicted octanol–water partition coefficient (Wildman–Crippen LogP) is 3.93. The molecule has 3 heterocycles. The number of nitrogens with one attached hydrogen (secondary N) is 1. The monoisotopic (exact) mass is 428 g/mol. The van der Waals surface area contributed by atoms with Gasteiger partial charge in [0.15, 0.2) is 0 Å². The van der Waals surface area contributed by atoms with E-state index in [4.69, 9.17) is 4.52 Å². The van der Waals surface area contributed by atoms with Crippen LogP contribution in [0.3, 0.4) is 0 Å². The van der Waals surface area contributed by atoms with E-state index in [1.54, 1.807) is 17.6 Å². The van der Waals surface area contributed by atoms with Gasteiger partial charge in [-0.1, -0.05) is 18.1 Å². The van der Waals surface area contributed by atoms with Gasteiger partial charge < -0.3 is 9.63 Å². The second-order valence-corrected chi connectivity index (χ2v) is 8.95. The number of benzene rings is 1. The third kappa shape index (κ3) is 3.98. The largest absolute Gasteiger partial charge is 0.507 e. The molecule has 0 radical (unpaired) electrons. The van der Waals surface area contributed by atoms with E-state index in [9.17, 15) is 13.5 Å². The van der Waals surface area contributed by atoms with Crippen LogP contribution in [0, 0.1) is 0 Å². The van der Waals surface area contributed by atoms with Crippen molar-refractivity contribution >= 4 is 27.0 Å². The highest BCUT2D eigenvalue weighted by atomic mass is 32.2. The van der Waals surface area contributed by atoms with E-state index in [1.165, 1.54) is 24.3 Å². The van der Waals surface area contributed by atoms with Gasteiger partial charge in [-0.2, -0.15) is 4.98 Å². The van der Waals surface area contributed by atoms with Gasteiger partial charge in [0.25, 0.3) is 15.9 Å². The number of hydrogen-bond acceptors (Lipinski definition) is 8. The smallest absolute Gasteiger partial charge is 0.271 e. The van der Waals surface area contributed by atoms with Gasteiger partial charge in [-0.25, -0.2) is 8.42 Å². The minimum absolute atomic E-state index is 0.105. The Bertz CT molecular complexity index is 1250. The second kappa shape index (κ2) is 7.64. The van der Waals surface area contributed by atoms with Crippen LogP contribution in [0.25, 0.3) is 23.0 Å². The summed E-state index contributed by atoms with van der Waals surface area (Å²) in [6.45, 7) is 2.03. The molecule has 0 aliphatic rings. The maximum absolute atomic E-state index is 12.3. The highest BCUT2D eigenvalue weighted by molar-refractivity contribution is 7.94. The molecule has 0 saturated carbocycles. The van der Waals surface area contributed by atoms with Gasteiger partial charge in [-0.15, -0.1) is 11.3 Å². The lowest BCUT2D eigenvalue weighted by Crippen LogP contribution is -2.11. The van der Waals surface area contributed by atoms with Crippen LogP contribution < -0.4 is 4.72 Å². The number of sulfonamides is 1. The molecular formula is C19H16N4O4S2. The lowest BCUT2D eigenvalue weighted by molar-refractivity contribution is 0.425. The summed E-state index contributed by atoms with van der Waals surface area (Å²) >= 11 is 1.10. The third-order valence-electron chi connectivity index (χ3n) is 4.13. The van der Waals surface area contributed by atoms with Crippen molar-refractivity contribution in [2.24, 2.45) is 0 Å². The molecule has 10 heteroatoms. The van der Waals surface area contributed by atoms with Gasteiger partial charge in [-0.05, 0) is 47.7 Å². The first-order valence-corrected chi connectivity index (χ1v) is 11.0. The van der Waals surface area contributed by atoms with E-state index < -0.39 is 10.0 Å². The molecule has 3 aromatic heterocycles. The first kappa shape index (κ1) is 19.1. The van der Waals surface area contributed by atoms with Gasteiger partial charge in [-0.3, -0.25) is 9.71 Å². The zero-order chi connectivity index (χ0) is 20.4. The Hall–Kier alpha value is -3.24. The zero-order valence-corrected chi connectivity index (χ0v) is 16.9. The summed E-state index contributed by atoms with van der Waals surface area (Å²) < 4.78 is 32.5. The summed E-state index contributed by atoms with van der Waals surface area (Å²) in [5.74, 6) is 0.216. The zero-order valence-electron chi connectivity index (χ0n) is 15.2. The Morgan fingerprint density at radius 1 is 1.21 bits per heavy atom. The molecule has 0 atom stereocenters. The van der Waals surface area contributed by atoms with Crippen molar-refractivity contribution in [3.05, 3.63) is 59.6 Å². The van der Waals surface area contributed by atoms with Crippen molar-refractivity contribution < 1.29 is 18.0 Å². The molecule has 1 aromatic carbocycles. The van der Waals surface area contributed by atoms with Crippen molar-refractivity contribution in [1.82, 2.24) is 15.1 Å². The van der Waals surface area contributed by atoms with Gasteiger partial charge in [0.1, 0.15) is 15.7 Å². The van der Waals surface area contributed by atoms with E-state index >= 15 is 0 Å². The SMILES string of the molecule is CCc1ccnc(-c2noc(-c3ccc(NS(=O)(=O)c4cccs4)cc3O)n2)c1. The molecule has 0 unspecified atom stereocenters. The Morgan fingerprint density at radius 2 is 2.07 bits per heavy atom. The number of aromatic hydroxyl groups is 1. The van der Waals surface area contributed by atoms with Crippen LogP contribution in [0.2, 0.25) is 0 Å². The van der Waals surface area contributed by atoms with Crippen LogP contribution in [0.4, 0.5) is 5.69 Å². The maximum atomic E-state index is 12.3. The fourth-order valence-electron chi connectivity index (χ4n) is 2.65. The number of anilines is 1. The van der Waals surface area contributed by atoms with Crippen molar-refractivity contribution in [2.75, 3.05) is 4.72 Å². The number of nitrogens with zero attached hydrogens (tertiary/aromatic N) is 3. The normalized spacial score (nSPS) is 11.5. The number of aromatic nitrogens is 3. The molecule has 4 rings (SSSR count). The first-order chi connectivity index (χ1) is 14.0. The Labute approximate surface area is 170 Å². The van der Waals surface area contributed by atoms with E-state index in [2.05, 4.69) is 19.8 Å². The Kier molecular flexibility index (Phi) is 5.03. The summed E-state index contributed by atoms with van der Waals surface area (Å²) in [6, 6.07) is 11.2. The molecule has 0 fully saturated rings. The fraction of sp³-hybridized carbons (Fsp3) is 0.105. The molecule has 0 aliphatic heterocycles. The van der Waals surface area contributed by atoms with Crippen LogP contribution in [0.1, 0.15) is 12.5 Å². The van der Waals surface area contributed by atoms with Crippen molar-refractivity contribution in [3.63, 3.8) is 0 Å². The number of hydrogen-bond donors (Lipinski definition) is 2. The maximum Gasteiger partial charge on any atom is 0.271 e. The number of rotatable bonds is 6. The minimum atomic E-state index is -3.71. The number of phenolic OH excluding ortho intramolecular Hbond substituents is 1. The minimum Gasteiger partial charge on any atom is -0.507 e. The van der Waals surface area contributed by atoms with E-state index in [0.717, 1.165) is 23.3 Å². The quantitative estimate of drug-likeness (QED) is 0.478. The van der Waals surface area contributed by atoms with Crippen molar-refractivity contribution in [1.29, 1.82) is 0 Å². The van der Waals surface area contributed by atoms with E-state index in [0.29, 0.717) is 11.5 Å². The molecule has 0 aliphatic carbocycles. The summed E-state index contributed by atoms with van der Waals surface area (Å²) in [5, 5.41) is 16.0. The van der Waals surface area contributed by atoms with Crippen LogP contribution in [0.5, 0.6) is 5.75 Å². The topological polar surface area (TPSA) is 118 Å². The molecule has 0 amide bonds. The van der Waals surface area contributed by atoms with Gasteiger partial charge in [0, 0.05) is 12.3 Å². The fourth-order valence-corrected chi connectivity index (χ4v) is 4.69. The first-order valence-electron chi connectivity index (χ1n) is 8.65. The molecule has 8 nitrogen and oxygen atoms in total. The third-order valence-corrected chi connectivity index (χ3v) is 6.91. The molecule has 0 spiro atoms. The molecule has 0 bridgehead atoms. The lowest BCUT2D eigenvalue weighted by Gasteiger charge is -2.08. The predicted molar refractivity (Wildman–Crippen MR) is 109 cm³/mol. The van der Waals surface area contributed by atoms with Crippen LogP contribution in [-0.2, 0) is 16.4 Å². The Morgan fingerprint density at radius 3 is 2.79 bits per heavy atom. The lowest BCUT2D eigenvalue weighted by atomic mass is 10.1. The molecule has 29 heavy (non-hydrogen) atoms. The standard InChI is InChI=1S/C19H16N4O4S2/c1-2-12-7-8-20-15(10-12)18-21-19(27-22-18)14-6-5-13(11-16(14)24)23-29(25,26)17-4-3-9-28-17/h3-11,23-24H,2H2,1H3. The van der Waals surface area contributed by atoms with Gasteiger partial charge in [0.2, 0.25) is 5.82 Å². The van der Waals surface area contributed by atoms with E-state index in [1.807, 2.05) is 19.1 Å². The second-order valence-electron chi connectivity index (χ2n) is 6.10. The molecule has 2 N–H and O–H groups in total. The number of aryl methyl sites for hydroxylation is 1. The average molecular weight is 428 g/mol. The van der Waals surface area contributed by atoms with Crippen LogP contribution >= 0.6 is 11.3 Å². The number of phenols is 1. The summed E-state index contributed by atoms with van der Waals surface area (Å²) in [7, 11) is -3.71. The van der Waals surface area contributed by atoms with Gasteiger partial charge in [0.05, 0.1) is 11.3 Å². The van der Waals surface area contributed by atoms with Crippen molar-refractivity contribution in [2.45, 2.75) is 17.6 Å². The summed E-state index contributed by atoms with van der Waals surface area (Å²) in [6.07, 6.45) is 2.53. The molecule has 148 valence electrons. The highest BCUT2D eigenvalue weighted by Crippen LogP contribution is 2.32. The molecule has 4 aromatic rings. The number of pyridine rings is 1. The van der Waals surface area contributed by atoms with Crippen molar-refractivity contribution in [3.8, 4) is 28.7 Å². The molecule has 0 saturated heterocycles. The number of thiophene rings is 1. The Balaban J connectivity index is 1.60. The van der Waals surface area contributed by atoms with Crippen LogP contribution in [-0.4, -0.2) is 28.6 Å².